The minimum Gasteiger partial charge on any atom is -0.466 e. The van der Waals surface area contributed by atoms with Crippen LogP contribution in [0.4, 0.5) is 0 Å². The van der Waals surface area contributed by atoms with Crippen molar-refractivity contribution in [1.82, 2.24) is 0 Å². The Morgan fingerprint density at radius 3 is 2.87 bits per heavy atom. The monoisotopic (exact) mass is 316 g/mol. The fourth-order valence-electron chi connectivity index (χ4n) is 6.48. The van der Waals surface area contributed by atoms with Gasteiger partial charge in [0.2, 0.25) is 0 Å². The molecule has 0 saturated heterocycles. The number of hydrogen-bond acceptors (Lipinski definition) is 3. The van der Waals surface area contributed by atoms with E-state index in [-0.39, 0.29) is 17.3 Å². The summed E-state index contributed by atoms with van der Waals surface area (Å²) >= 11 is 0. The van der Waals surface area contributed by atoms with Crippen molar-refractivity contribution in [2.45, 2.75) is 58.8 Å². The number of ketones is 1. The first-order valence-electron chi connectivity index (χ1n) is 9.45. The second-order valence-corrected chi connectivity index (χ2v) is 8.28. The summed E-state index contributed by atoms with van der Waals surface area (Å²) in [6.45, 7) is 4.56. The smallest absolute Gasteiger partial charge is 0.308 e. The fourth-order valence-corrected chi connectivity index (χ4v) is 6.48. The maximum atomic E-state index is 12.8. The number of esters is 1. The average Bonchev–Trinajstić information content (AvgIpc) is 2.54. The van der Waals surface area contributed by atoms with Gasteiger partial charge in [0.05, 0.1) is 17.9 Å². The molecular weight excluding hydrogens is 288 g/mol. The van der Waals surface area contributed by atoms with Crippen LogP contribution in [0.25, 0.3) is 0 Å². The molecule has 3 nitrogen and oxygen atoms in total. The zero-order valence-corrected chi connectivity index (χ0v) is 14.3. The summed E-state index contributed by atoms with van der Waals surface area (Å²) in [5.74, 6) is 2.90. The molecule has 0 aromatic carbocycles. The zero-order chi connectivity index (χ0) is 16.2. The molecular formula is C20H28O3. The molecule has 0 amide bonds. The van der Waals surface area contributed by atoms with Crippen molar-refractivity contribution in [1.29, 1.82) is 0 Å². The highest BCUT2D eigenvalue weighted by Gasteiger charge is 2.59. The number of hydrogen-bond donors (Lipinski definition) is 0. The summed E-state index contributed by atoms with van der Waals surface area (Å²) in [6.07, 6.45) is 9.54. The van der Waals surface area contributed by atoms with Crippen molar-refractivity contribution in [3.63, 3.8) is 0 Å². The summed E-state index contributed by atoms with van der Waals surface area (Å²) in [7, 11) is 0. The lowest BCUT2D eigenvalue weighted by molar-refractivity contribution is -0.155. The fraction of sp³-hybridized carbons (Fsp3) is 0.800. The lowest BCUT2D eigenvalue weighted by atomic mass is 9.44. The Balaban J connectivity index is 1.56. The van der Waals surface area contributed by atoms with E-state index in [1.165, 1.54) is 12.0 Å². The molecule has 3 saturated carbocycles. The number of carbonyl (C=O) groups excluding carboxylic acids is 2. The molecule has 0 heterocycles. The number of rotatable bonds is 2. The van der Waals surface area contributed by atoms with E-state index in [9.17, 15) is 9.59 Å². The molecule has 5 aliphatic carbocycles. The Bertz CT molecular complexity index is 563. The van der Waals surface area contributed by atoms with E-state index in [0.717, 1.165) is 38.5 Å². The maximum absolute atomic E-state index is 12.8. The second kappa shape index (κ2) is 5.46. The van der Waals surface area contributed by atoms with Crippen molar-refractivity contribution >= 4 is 11.8 Å². The number of ether oxygens (including phenoxy) is 1. The van der Waals surface area contributed by atoms with Gasteiger partial charge in [0.15, 0.2) is 0 Å². The number of carbonyl (C=O) groups is 2. The van der Waals surface area contributed by atoms with Crippen LogP contribution in [-0.2, 0) is 14.3 Å². The first kappa shape index (κ1) is 15.4. The third kappa shape index (κ3) is 2.15. The van der Waals surface area contributed by atoms with Crippen molar-refractivity contribution in [3.8, 4) is 0 Å². The molecule has 3 fully saturated rings. The van der Waals surface area contributed by atoms with Crippen molar-refractivity contribution in [2.75, 3.05) is 6.61 Å². The van der Waals surface area contributed by atoms with Gasteiger partial charge in [0, 0.05) is 6.42 Å². The van der Waals surface area contributed by atoms with Crippen LogP contribution in [0.15, 0.2) is 11.6 Å². The molecule has 1 spiro atoms. The van der Waals surface area contributed by atoms with Crippen LogP contribution in [0.2, 0.25) is 0 Å². The predicted octanol–water partition coefficient (Wildman–Crippen LogP) is 3.92. The van der Waals surface area contributed by atoms with E-state index >= 15 is 0 Å². The number of Topliss-reactive ketones (excluding diaryl/α,β-unsaturated/α-hetero) is 1. The summed E-state index contributed by atoms with van der Waals surface area (Å²) in [5.41, 5.74) is 1.23. The lowest BCUT2D eigenvalue weighted by Gasteiger charge is -2.59. The van der Waals surface area contributed by atoms with Gasteiger partial charge in [-0.25, -0.2) is 0 Å². The minimum absolute atomic E-state index is 0.00329. The molecule has 126 valence electrons. The Morgan fingerprint density at radius 1 is 1.30 bits per heavy atom. The van der Waals surface area contributed by atoms with Crippen LogP contribution in [0.1, 0.15) is 58.8 Å². The molecule has 0 N–H and O–H groups in total. The average molecular weight is 316 g/mol. The highest BCUT2D eigenvalue weighted by atomic mass is 16.5. The first-order chi connectivity index (χ1) is 11.1. The topological polar surface area (TPSA) is 43.4 Å². The molecule has 3 heteroatoms. The van der Waals surface area contributed by atoms with E-state index in [4.69, 9.17) is 4.74 Å². The van der Waals surface area contributed by atoms with E-state index < -0.39 is 0 Å². The molecule has 5 rings (SSSR count). The van der Waals surface area contributed by atoms with E-state index in [2.05, 4.69) is 13.0 Å². The number of fused-ring (bicyclic) bond motifs is 2. The van der Waals surface area contributed by atoms with E-state index in [1.807, 2.05) is 6.92 Å². The van der Waals surface area contributed by atoms with Gasteiger partial charge in [0.1, 0.15) is 5.78 Å². The maximum Gasteiger partial charge on any atom is 0.308 e. The highest BCUT2D eigenvalue weighted by Crippen LogP contribution is 2.63. The standard InChI is InChI=1S/C20H28O3/c1-3-23-19(22)15-4-5-16-14(11-15)6-7-20-12(2)8-13(9-17(16)20)10-18(20)21/h8,13-17H,3-7,9-11H2,1-2H3/t13?,14-,15+,16-,17?,20?/m0/s1. The van der Waals surface area contributed by atoms with Crippen LogP contribution < -0.4 is 0 Å². The van der Waals surface area contributed by atoms with Gasteiger partial charge in [0.25, 0.3) is 0 Å². The SMILES string of the molecule is CCOC(=O)[C@@H]1CC[C@@H]2C3CC4C=C(C)C3(CC[C@H]2C1)C(=O)C4. The van der Waals surface area contributed by atoms with Gasteiger partial charge < -0.3 is 4.74 Å². The molecule has 0 aromatic rings. The van der Waals surface area contributed by atoms with Crippen molar-refractivity contribution in [3.05, 3.63) is 11.6 Å². The van der Waals surface area contributed by atoms with Gasteiger partial charge in [-0.3, -0.25) is 9.59 Å². The van der Waals surface area contributed by atoms with Gasteiger partial charge in [-0.05, 0) is 76.0 Å². The molecule has 0 aromatic heterocycles. The number of allylic oxidation sites excluding steroid dienone is 2. The van der Waals surface area contributed by atoms with E-state index in [0.29, 0.717) is 36.1 Å². The molecule has 0 radical (unpaired) electrons. The molecule has 23 heavy (non-hydrogen) atoms. The molecule has 6 atom stereocenters. The van der Waals surface area contributed by atoms with Crippen molar-refractivity contribution in [2.24, 2.45) is 35.0 Å². The minimum atomic E-state index is -0.132. The Morgan fingerprint density at radius 2 is 2.13 bits per heavy atom. The van der Waals surface area contributed by atoms with Crippen molar-refractivity contribution < 1.29 is 14.3 Å². The normalized spacial score (nSPS) is 45.0. The van der Waals surface area contributed by atoms with Crippen LogP contribution >= 0.6 is 0 Å². The molecule has 5 aliphatic rings. The summed E-state index contributed by atoms with van der Waals surface area (Å²) < 4.78 is 5.25. The Kier molecular flexibility index (Phi) is 3.66. The largest absolute Gasteiger partial charge is 0.466 e. The zero-order valence-electron chi connectivity index (χ0n) is 14.3. The van der Waals surface area contributed by atoms with Gasteiger partial charge in [-0.15, -0.1) is 0 Å². The Labute approximate surface area is 138 Å². The molecule has 2 bridgehead atoms. The van der Waals surface area contributed by atoms with Crippen LogP contribution in [-0.4, -0.2) is 18.4 Å². The van der Waals surface area contributed by atoms with Crippen LogP contribution in [0, 0.1) is 35.0 Å². The Hall–Kier alpha value is -1.12. The summed E-state index contributed by atoms with van der Waals surface area (Å²) in [6, 6.07) is 0. The van der Waals surface area contributed by atoms with Gasteiger partial charge in [-0.1, -0.05) is 11.6 Å². The molecule has 0 aliphatic heterocycles. The predicted molar refractivity (Wildman–Crippen MR) is 87.6 cm³/mol. The van der Waals surface area contributed by atoms with Crippen LogP contribution in [0.3, 0.4) is 0 Å². The van der Waals surface area contributed by atoms with Gasteiger partial charge in [-0.2, -0.15) is 0 Å². The quantitative estimate of drug-likeness (QED) is 0.573. The third-order valence-electron chi connectivity index (χ3n) is 7.41. The summed E-state index contributed by atoms with van der Waals surface area (Å²) in [4.78, 5) is 24.9. The lowest BCUT2D eigenvalue weighted by Crippen LogP contribution is -2.56. The highest BCUT2D eigenvalue weighted by molar-refractivity contribution is 5.91. The van der Waals surface area contributed by atoms with E-state index in [1.54, 1.807) is 0 Å². The third-order valence-corrected chi connectivity index (χ3v) is 7.41. The summed E-state index contributed by atoms with van der Waals surface area (Å²) in [5, 5.41) is 0. The van der Waals surface area contributed by atoms with Gasteiger partial charge >= 0.3 is 5.97 Å². The van der Waals surface area contributed by atoms with Crippen LogP contribution in [0.5, 0.6) is 0 Å². The second-order valence-electron chi connectivity index (χ2n) is 8.28. The first-order valence-corrected chi connectivity index (χ1v) is 9.45. The molecule has 3 unspecified atom stereocenters.